The van der Waals surface area contributed by atoms with Gasteiger partial charge >= 0.3 is 0 Å². The van der Waals surface area contributed by atoms with Gasteiger partial charge in [-0.25, -0.2) is 0 Å². The number of nitrogens with zero attached hydrogens (tertiary/aromatic N) is 4. The lowest BCUT2D eigenvalue weighted by Gasteiger charge is -2.19. The molecule has 0 aliphatic rings. The Morgan fingerprint density at radius 3 is 2.44 bits per heavy atom. The molecule has 180 valence electrons. The van der Waals surface area contributed by atoms with E-state index >= 15 is 0 Å². The second-order valence-corrected chi connectivity index (χ2v) is 8.78. The zero-order chi connectivity index (χ0) is 24.8. The Morgan fingerprint density at radius 2 is 1.82 bits per heavy atom. The summed E-state index contributed by atoms with van der Waals surface area (Å²) in [6.45, 7) is 7.67. The number of hydrogen-bond acceptors (Lipinski definition) is 8. The van der Waals surface area contributed by atoms with Crippen LogP contribution in [0.2, 0.25) is 0 Å². The monoisotopic (exact) mass is 485 g/mol. The SMILES string of the molecule is COc1ccc(OC(C)c2nnc(SCC(=O)Nc3cc([N+](=O)[O-])ccc3C)n2C(C)C)cc1. The minimum atomic E-state index is -0.494. The maximum Gasteiger partial charge on any atom is 0.271 e. The lowest BCUT2D eigenvalue weighted by atomic mass is 10.2. The zero-order valence-corrected chi connectivity index (χ0v) is 20.5. The third-order valence-electron chi connectivity index (χ3n) is 4.98. The Kier molecular flexibility index (Phi) is 8.11. The van der Waals surface area contributed by atoms with Crippen molar-refractivity contribution in [2.24, 2.45) is 0 Å². The Balaban J connectivity index is 1.69. The fraction of sp³-hybridized carbons (Fsp3) is 0.348. The number of nitrogens with one attached hydrogen (secondary N) is 1. The van der Waals surface area contributed by atoms with Crippen molar-refractivity contribution in [3.05, 3.63) is 64.0 Å². The smallest absolute Gasteiger partial charge is 0.271 e. The largest absolute Gasteiger partial charge is 0.497 e. The van der Waals surface area contributed by atoms with Gasteiger partial charge in [-0.3, -0.25) is 14.9 Å². The van der Waals surface area contributed by atoms with E-state index in [1.54, 1.807) is 20.1 Å². The number of methoxy groups -OCH3 is 1. The zero-order valence-electron chi connectivity index (χ0n) is 19.6. The summed E-state index contributed by atoms with van der Waals surface area (Å²) < 4.78 is 13.1. The standard InChI is InChI=1S/C23H27N5O5S/c1-14(2)27-22(16(4)33-19-10-8-18(32-5)9-11-19)25-26-23(27)34-13-21(29)24-20-12-17(28(30)31)7-6-15(20)3/h6-12,14,16H,13H2,1-5H3,(H,24,29). The van der Waals surface area contributed by atoms with Crippen LogP contribution in [-0.2, 0) is 4.79 Å². The van der Waals surface area contributed by atoms with Gasteiger partial charge in [0.25, 0.3) is 5.69 Å². The number of aromatic nitrogens is 3. The number of anilines is 1. The van der Waals surface area contributed by atoms with E-state index in [2.05, 4.69) is 15.5 Å². The van der Waals surface area contributed by atoms with Crippen molar-refractivity contribution in [3.63, 3.8) is 0 Å². The van der Waals surface area contributed by atoms with Crippen molar-refractivity contribution in [1.29, 1.82) is 0 Å². The van der Waals surface area contributed by atoms with E-state index in [1.807, 2.05) is 49.6 Å². The average Bonchev–Trinajstić information content (AvgIpc) is 3.24. The lowest BCUT2D eigenvalue weighted by molar-refractivity contribution is -0.384. The summed E-state index contributed by atoms with van der Waals surface area (Å²) in [7, 11) is 1.61. The molecule has 10 nitrogen and oxygen atoms in total. The van der Waals surface area contributed by atoms with Crippen LogP contribution in [0.4, 0.5) is 11.4 Å². The number of nitro groups is 1. The van der Waals surface area contributed by atoms with Crippen LogP contribution in [0.1, 0.15) is 44.3 Å². The van der Waals surface area contributed by atoms with Gasteiger partial charge in [-0.05, 0) is 57.5 Å². The van der Waals surface area contributed by atoms with Crippen LogP contribution in [0.25, 0.3) is 0 Å². The summed E-state index contributed by atoms with van der Waals surface area (Å²) in [5, 5.41) is 22.9. The maximum atomic E-state index is 12.5. The second kappa shape index (κ2) is 11.0. The predicted molar refractivity (Wildman–Crippen MR) is 130 cm³/mol. The Labute approximate surface area is 201 Å². The number of amides is 1. The number of rotatable bonds is 10. The van der Waals surface area contributed by atoms with E-state index in [0.717, 1.165) is 11.3 Å². The molecule has 0 spiro atoms. The van der Waals surface area contributed by atoms with Crippen LogP contribution in [-0.4, -0.2) is 38.5 Å². The van der Waals surface area contributed by atoms with Gasteiger partial charge < -0.3 is 19.4 Å². The molecular formula is C23H27N5O5S. The number of thioether (sulfide) groups is 1. The number of carbonyl (C=O) groups is 1. The fourth-order valence-corrected chi connectivity index (χ4v) is 4.11. The first kappa shape index (κ1) is 25.0. The summed E-state index contributed by atoms with van der Waals surface area (Å²) in [5.74, 6) is 1.83. The number of ether oxygens (including phenoxy) is 2. The molecular weight excluding hydrogens is 458 g/mol. The summed E-state index contributed by atoms with van der Waals surface area (Å²) >= 11 is 1.24. The highest BCUT2D eigenvalue weighted by Gasteiger charge is 2.22. The van der Waals surface area contributed by atoms with Gasteiger partial charge in [-0.2, -0.15) is 0 Å². The first-order valence-electron chi connectivity index (χ1n) is 10.6. The predicted octanol–water partition coefficient (Wildman–Crippen LogP) is 4.96. The number of aryl methyl sites for hydroxylation is 1. The molecule has 0 saturated heterocycles. The normalized spacial score (nSPS) is 11.8. The molecule has 0 aliphatic heterocycles. The van der Waals surface area contributed by atoms with Crippen LogP contribution in [0.3, 0.4) is 0 Å². The minimum absolute atomic E-state index is 0.0384. The molecule has 1 N–H and O–H groups in total. The molecule has 0 bridgehead atoms. The van der Waals surface area contributed by atoms with Crippen molar-refractivity contribution in [3.8, 4) is 11.5 Å². The molecule has 34 heavy (non-hydrogen) atoms. The number of non-ortho nitro benzene ring substituents is 1. The van der Waals surface area contributed by atoms with E-state index in [-0.39, 0.29) is 29.5 Å². The Morgan fingerprint density at radius 1 is 1.15 bits per heavy atom. The quantitative estimate of drug-likeness (QED) is 0.243. The first-order chi connectivity index (χ1) is 16.2. The van der Waals surface area contributed by atoms with Crippen LogP contribution in [0, 0.1) is 17.0 Å². The van der Waals surface area contributed by atoms with Crippen molar-refractivity contribution in [2.75, 3.05) is 18.2 Å². The molecule has 1 aromatic heterocycles. The molecule has 1 amide bonds. The molecule has 1 atom stereocenters. The molecule has 0 aliphatic carbocycles. The molecule has 3 rings (SSSR count). The van der Waals surface area contributed by atoms with Gasteiger partial charge in [0.2, 0.25) is 5.91 Å². The van der Waals surface area contributed by atoms with E-state index in [4.69, 9.17) is 9.47 Å². The summed E-state index contributed by atoms with van der Waals surface area (Å²) in [6.07, 6.45) is -0.376. The molecule has 1 heterocycles. The van der Waals surface area contributed by atoms with Gasteiger partial charge in [-0.15, -0.1) is 10.2 Å². The number of carbonyl (C=O) groups excluding carboxylic acids is 1. The number of nitro benzene ring substituents is 1. The van der Waals surface area contributed by atoms with Gasteiger partial charge in [0.05, 0.1) is 23.5 Å². The minimum Gasteiger partial charge on any atom is -0.497 e. The van der Waals surface area contributed by atoms with Gasteiger partial charge in [0.1, 0.15) is 11.5 Å². The maximum absolute atomic E-state index is 12.5. The van der Waals surface area contributed by atoms with Crippen LogP contribution in [0.5, 0.6) is 11.5 Å². The van der Waals surface area contributed by atoms with Crippen LogP contribution in [0.15, 0.2) is 47.6 Å². The highest BCUT2D eigenvalue weighted by Crippen LogP contribution is 2.29. The van der Waals surface area contributed by atoms with Crippen LogP contribution >= 0.6 is 11.8 Å². The Bertz CT molecular complexity index is 1160. The highest BCUT2D eigenvalue weighted by atomic mass is 32.2. The van der Waals surface area contributed by atoms with Crippen LogP contribution < -0.4 is 14.8 Å². The van der Waals surface area contributed by atoms with Gasteiger partial charge in [0, 0.05) is 18.2 Å². The topological polar surface area (TPSA) is 121 Å². The third kappa shape index (κ3) is 6.04. The van der Waals surface area contributed by atoms with E-state index in [9.17, 15) is 14.9 Å². The molecule has 2 aromatic carbocycles. The highest BCUT2D eigenvalue weighted by molar-refractivity contribution is 7.99. The molecule has 11 heteroatoms. The molecule has 0 saturated carbocycles. The van der Waals surface area contributed by atoms with E-state index < -0.39 is 4.92 Å². The number of benzene rings is 2. The van der Waals surface area contributed by atoms with Crippen molar-refractivity contribution in [1.82, 2.24) is 14.8 Å². The number of hydrogen-bond donors (Lipinski definition) is 1. The van der Waals surface area contributed by atoms with Gasteiger partial charge in [0.15, 0.2) is 17.1 Å². The molecule has 3 aromatic rings. The van der Waals surface area contributed by atoms with E-state index in [1.165, 1.54) is 23.9 Å². The summed E-state index contributed by atoms with van der Waals surface area (Å²) in [5.41, 5.74) is 1.07. The van der Waals surface area contributed by atoms with Crippen molar-refractivity contribution >= 4 is 29.0 Å². The molecule has 0 radical (unpaired) electrons. The molecule has 1 unspecified atom stereocenters. The molecule has 0 fully saturated rings. The lowest BCUT2D eigenvalue weighted by Crippen LogP contribution is -2.17. The van der Waals surface area contributed by atoms with Crippen molar-refractivity contribution in [2.45, 2.75) is 45.0 Å². The first-order valence-corrected chi connectivity index (χ1v) is 11.6. The second-order valence-electron chi connectivity index (χ2n) is 7.83. The van der Waals surface area contributed by atoms with Gasteiger partial charge in [-0.1, -0.05) is 17.8 Å². The van der Waals surface area contributed by atoms with E-state index in [0.29, 0.717) is 22.4 Å². The summed E-state index contributed by atoms with van der Waals surface area (Å²) in [4.78, 5) is 23.1. The Hall–Kier alpha value is -3.60. The van der Waals surface area contributed by atoms with Crippen molar-refractivity contribution < 1.29 is 19.2 Å². The fourth-order valence-electron chi connectivity index (χ4n) is 3.24. The average molecular weight is 486 g/mol. The third-order valence-corrected chi connectivity index (χ3v) is 5.92. The summed E-state index contributed by atoms with van der Waals surface area (Å²) in [6, 6.07) is 11.7.